The highest BCUT2D eigenvalue weighted by molar-refractivity contribution is 7.92. The van der Waals surface area contributed by atoms with Gasteiger partial charge in [-0.25, -0.2) is 13.1 Å². The fourth-order valence-corrected chi connectivity index (χ4v) is 6.19. The van der Waals surface area contributed by atoms with Gasteiger partial charge in [0.05, 0.1) is 4.34 Å². The van der Waals surface area contributed by atoms with E-state index in [0.717, 1.165) is 42.9 Å². The van der Waals surface area contributed by atoms with Crippen LogP contribution in [0.3, 0.4) is 0 Å². The van der Waals surface area contributed by atoms with Crippen LogP contribution in [0.15, 0.2) is 42.1 Å². The van der Waals surface area contributed by atoms with Gasteiger partial charge >= 0.3 is 0 Å². The largest absolute Gasteiger partial charge is 0.371 e. The number of sulfonamides is 1. The number of hydrogen-bond donors (Lipinski definition) is 1. The zero-order valence-corrected chi connectivity index (χ0v) is 20.1. The number of piperidine rings is 1. The normalized spacial score (nSPS) is 20.3. The Balaban J connectivity index is 1.22. The molecule has 32 heavy (non-hydrogen) atoms. The minimum Gasteiger partial charge on any atom is -0.371 e. The predicted molar refractivity (Wildman–Crippen MR) is 129 cm³/mol. The number of nitrogens with zero attached hydrogens (tertiary/aromatic N) is 3. The molecule has 2 fully saturated rings. The average Bonchev–Trinajstić information content (AvgIpc) is 3.46. The molecule has 0 unspecified atom stereocenters. The van der Waals surface area contributed by atoms with Crippen molar-refractivity contribution in [1.29, 1.82) is 0 Å². The van der Waals surface area contributed by atoms with Crippen molar-refractivity contribution in [2.75, 3.05) is 37.6 Å². The van der Waals surface area contributed by atoms with Crippen molar-refractivity contribution < 1.29 is 13.2 Å². The number of rotatable bonds is 7. The van der Waals surface area contributed by atoms with Crippen molar-refractivity contribution in [3.05, 3.63) is 51.3 Å². The Morgan fingerprint density at radius 3 is 2.59 bits per heavy atom. The van der Waals surface area contributed by atoms with Crippen LogP contribution < -0.4 is 9.62 Å². The number of thiophene rings is 1. The average molecular weight is 495 g/mol. The van der Waals surface area contributed by atoms with Gasteiger partial charge in [-0.15, -0.1) is 11.3 Å². The standard InChI is InChI=1S/C22H27ClN4O3S2/c23-21-2-1-20(31-21)8-14-32(29,30)25-15-17-5-11-27(16-17)22(28)18-6-12-26(13-7-18)19-3-9-24-10-4-19/h1-4,8-10,14,17-18,25H,5-7,11-13,15-16H2/b14-8+/t17-/m1/s1. The van der Waals surface area contributed by atoms with Gasteiger partial charge in [0.2, 0.25) is 15.9 Å². The molecule has 4 heterocycles. The van der Waals surface area contributed by atoms with Crippen LogP contribution in [0.25, 0.3) is 6.08 Å². The number of amides is 1. The molecule has 2 saturated heterocycles. The number of hydrogen-bond acceptors (Lipinski definition) is 6. The first kappa shape index (κ1) is 23.2. The van der Waals surface area contributed by atoms with Crippen molar-refractivity contribution in [1.82, 2.24) is 14.6 Å². The van der Waals surface area contributed by atoms with Crippen molar-refractivity contribution in [3.8, 4) is 0 Å². The second kappa shape index (κ2) is 10.3. The smallest absolute Gasteiger partial charge is 0.233 e. The topological polar surface area (TPSA) is 82.6 Å². The van der Waals surface area contributed by atoms with E-state index in [-0.39, 0.29) is 17.7 Å². The number of likely N-dealkylation sites (tertiary alicyclic amines) is 1. The van der Waals surface area contributed by atoms with Gasteiger partial charge in [0.25, 0.3) is 0 Å². The van der Waals surface area contributed by atoms with Gasteiger partial charge in [0.1, 0.15) is 0 Å². The van der Waals surface area contributed by atoms with E-state index in [2.05, 4.69) is 14.6 Å². The van der Waals surface area contributed by atoms with Gasteiger partial charge in [-0.2, -0.15) is 0 Å². The van der Waals surface area contributed by atoms with Crippen LogP contribution in [0.4, 0.5) is 5.69 Å². The van der Waals surface area contributed by atoms with Crippen LogP contribution in [0.5, 0.6) is 0 Å². The summed E-state index contributed by atoms with van der Waals surface area (Å²) in [5.74, 6) is 0.388. The highest BCUT2D eigenvalue weighted by atomic mass is 35.5. The summed E-state index contributed by atoms with van der Waals surface area (Å²) in [5, 5.41) is 1.17. The van der Waals surface area contributed by atoms with E-state index in [1.807, 2.05) is 17.0 Å². The molecule has 10 heteroatoms. The van der Waals surface area contributed by atoms with Crippen LogP contribution in [-0.4, -0.2) is 56.9 Å². The van der Waals surface area contributed by atoms with Gasteiger partial charge in [-0.05, 0) is 55.5 Å². The Hall–Kier alpha value is -1.94. The van der Waals surface area contributed by atoms with Crippen molar-refractivity contribution in [3.63, 3.8) is 0 Å². The quantitative estimate of drug-likeness (QED) is 0.637. The third-order valence-electron chi connectivity index (χ3n) is 6.05. The summed E-state index contributed by atoms with van der Waals surface area (Å²) >= 11 is 7.19. The third-order valence-corrected chi connectivity index (χ3v) is 8.31. The molecule has 4 rings (SSSR count). The molecular weight excluding hydrogens is 468 g/mol. The molecular formula is C22H27ClN4O3S2. The summed E-state index contributed by atoms with van der Waals surface area (Å²) in [6, 6.07) is 7.51. The third kappa shape index (κ3) is 6.10. The second-order valence-electron chi connectivity index (χ2n) is 8.24. The lowest BCUT2D eigenvalue weighted by Crippen LogP contribution is -2.42. The molecule has 1 amide bonds. The maximum absolute atomic E-state index is 13.0. The Labute approximate surface area is 198 Å². The van der Waals surface area contributed by atoms with E-state index in [9.17, 15) is 13.2 Å². The Morgan fingerprint density at radius 2 is 1.91 bits per heavy atom. The molecule has 0 spiro atoms. The van der Waals surface area contributed by atoms with Crippen LogP contribution >= 0.6 is 22.9 Å². The molecule has 2 aliphatic heterocycles. The van der Waals surface area contributed by atoms with E-state index in [1.165, 1.54) is 16.7 Å². The van der Waals surface area contributed by atoms with Crippen molar-refractivity contribution >= 4 is 50.6 Å². The second-order valence-corrected chi connectivity index (χ2v) is 11.6. The van der Waals surface area contributed by atoms with Gasteiger partial charge in [-0.1, -0.05) is 11.6 Å². The molecule has 2 aromatic rings. The minimum absolute atomic E-state index is 0.0454. The molecule has 7 nitrogen and oxygen atoms in total. The van der Waals surface area contributed by atoms with Gasteiger partial charge in [0.15, 0.2) is 0 Å². The molecule has 0 bridgehead atoms. The van der Waals surface area contributed by atoms with Crippen LogP contribution in [0.2, 0.25) is 4.34 Å². The number of pyridine rings is 1. The number of carbonyl (C=O) groups is 1. The van der Waals surface area contributed by atoms with E-state index < -0.39 is 10.0 Å². The molecule has 0 radical (unpaired) electrons. The monoisotopic (exact) mass is 494 g/mol. The van der Waals surface area contributed by atoms with Crippen LogP contribution in [0.1, 0.15) is 24.1 Å². The summed E-state index contributed by atoms with van der Waals surface area (Å²) in [4.78, 5) is 22.0. The van der Waals surface area contributed by atoms with Gasteiger partial charge in [-0.3, -0.25) is 9.78 Å². The SMILES string of the molecule is O=C(C1CCN(c2ccncc2)CC1)N1CC[C@H](CNS(=O)(=O)/C=C/c2ccc(Cl)s2)C1. The summed E-state index contributed by atoms with van der Waals surface area (Å²) in [7, 11) is -3.53. The first-order valence-corrected chi connectivity index (χ1v) is 13.5. The van der Waals surface area contributed by atoms with Gasteiger partial charge in [0, 0.05) is 67.0 Å². The Bertz CT molecular complexity index is 1050. The lowest BCUT2D eigenvalue weighted by molar-refractivity contribution is -0.135. The highest BCUT2D eigenvalue weighted by Crippen LogP contribution is 2.27. The maximum atomic E-state index is 13.0. The highest BCUT2D eigenvalue weighted by Gasteiger charge is 2.33. The molecule has 1 N–H and O–H groups in total. The number of carbonyl (C=O) groups excluding carboxylic acids is 1. The van der Waals surface area contributed by atoms with E-state index >= 15 is 0 Å². The molecule has 172 valence electrons. The van der Waals surface area contributed by atoms with Crippen LogP contribution in [-0.2, 0) is 14.8 Å². The molecule has 0 aliphatic carbocycles. The minimum atomic E-state index is -3.53. The Morgan fingerprint density at radius 1 is 1.16 bits per heavy atom. The Kier molecular flexibility index (Phi) is 7.50. The molecule has 2 aliphatic rings. The summed E-state index contributed by atoms with van der Waals surface area (Å²) in [6.07, 6.45) is 7.62. The lowest BCUT2D eigenvalue weighted by Gasteiger charge is -2.34. The van der Waals surface area contributed by atoms with E-state index in [4.69, 9.17) is 11.6 Å². The zero-order valence-electron chi connectivity index (χ0n) is 17.7. The molecule has 0 aromatic carbocycles. The van der Waals surface area contributed by atoms with Crippen molar-refractivity contribution in [2.24, 2.45) is 11.8 Å². The molecule has 0 saturated carbocycles. The number of halogens is 1. The molecule has 2 aromatic heterocycles. The summed E-state index contributed by atoms with van der Waals surface area (Å²) in [5.41, 5.74) is 1.15. The van der Waals surface area contributed by atoms with Gasteiger partial charge < -0.3 is 9.80 Å². The molecule has 1 atom stereocenters. The fraction of sp³-hybridized carbons (Fsp3) is 0.455. The van der Waals surface area contributed by atoms with Crippen molar-refractivity contribution in [2.45, 2.75) is 19.3 Å². The number of aromatic nitrogens is 1. The van der Waals surface area contributed by atoms with E-state index in [1.54, 1.807) is 30.6 Å². The van der Waals surface area contributed by atoms with E-state index in [0.29, 0.717) is 24.0 Å². The predicted octanol–water partition coefficient (Wildman–Crippen LogP) is 3.45. The first-order valence-electron chi connectivity index (χ1n) is 10.8. The zero-order chi connectivity index (χ0) is 22.6. The van der Waals surface area contributed by atoms with Crippen LogP contribution in [0, 0.1) is 11.8 Å². The maximum Gasteiger partial charge on any atom is 0.233 e. The number of nitrogens with one attached hydrogen (secondary N) is 1. The summed E-state index contributed by atoms with van der Waals surface area (Å²) < 4.78 is 27.8. The number of anilines is 1. The first-order chi connectivity index (χ1) is 15.4. The lowest BCUT2D eigenvalue weighted by atomic mass is 9.95. The fourth-order valence-electron chi connectivity index (χ4n) is 4.25. The summed E-state index contributed by atoms with van der Waals surface area (Å²) in [6.45, 7) is 3.36.